The molecule has 4 heteroatoms. The van der Waals surface area contributed by atoms with Crippen LogP contribution in [0.25, 0.3) is 22.7 Å². The van der Waals surface area contributed by atoms with Gasteiger partial charge in [-0.1, -0.05) is 17.7 Å². The lowest BCUT2D eigenvalue weighted by Gasteiger charge is -2.23. The van der Waals surface area contributed by atoms with Crippen LogP contribution in [-0.2, 0) is 13.0 Å². The Balaban J connectivity index is 1.92. The molecule has 4 rings (SSSR count). The average molecular weight is 338 g/mol. The van der Waals surface area contributed by atoms with Gasteiger partial charge >= 0.3 is 0 Å². The van der Waals surface area contributed by atoms with Crippen molar-refractivity contribution in [1.82, 2.24) is 14.5 Å². The topological polar surface area (TPSA) is 21.1 Å². The molecule has 3 heterocycles. The number of benzene rings is 1. The Morgan fingerprint density at radius 1 is 1.29 bits per heavy atom. The molecule has 2 aromatic heterocycles. The molecular formula is C20H20ClN3. The van der Waals surface area contributed by atoms with E-state index in [1.165, 1.54) is 27.7 Å². The molecule has 24 heavy (non-hydrogen) atoms. The van der Waals surface area contributed by atoms with Gasteiger partial charge in [-0.05, 0) is 54.9 Å². The van der Waals surface area contributed by atoms with E-state index >= 15 is 0 Å². The van der Waals surface area contributed by atoms with E-state index in [1.807, 2.05) is 24.5 Å². The summed E-state index contributed by atoms with van der Waals surface area (Å²) in [6.45, 7) is 4.19. The van der Waals surface area contributed by atoms with Gasteiger partial charge in [-0.15, -0.1) is 0 Å². The average Bonchev–Trinajstić information content (AvgIpc) is 2.88. The first-order valence-electron chi connectivity index (χ1n) is 8.22. The molecule has 0 fully saturated rings. The van der Waals surface area contributed by atoms with Gasteiger partial charge in [0.15, 0.2) is 0 Å². The molecule has 0 saturated carbocycles. The lowest BCUT2D eigenvalue weighted by Crippen LogP contribution is -2.26. The molecule has 122 valence electrons. The first kappa shape index (κ1) is 15.4. The molecule has 0 aliphatic carbocycles. The summed E-state index contributed by atoms with van der Waals surface area (Å²) in [5.41, 5.74) is 6.37. The summed E-state index contributed by atoms with van der Waals surface area (Å²) in [4.78, 5) is 6.60. The van der Waals surface area contributed by atoms with Crippen molar-refractivity contribution in [2.24, 2.45) is 0 Å². The number of pyridine rings is 1. The third-order valence-electron chi connectivity index (χ3n) is 4.78. The zero-order valence-electron chi connectivity index (χ0n) is 14.0. The van der Waals surface area contributed by atoms with Gasteiger partial charge in [0.1, 0.15) is 0 Å². The molecule has 0 atom stereocenters. The number of rotatable bonds is 2. The number of hydrogen-bond acceptors (Lipinski definition) is 2. The second-order valence-electron chi connectivity index (χ2n) is 6.50. The van der Waals surface area contributed by atoms with Crippen molar-refractivity contribution in [3.8, 4) is 0 Å². The van der Waals surface area contributed by atoms with Crippen molar-refractivity contribution < 1.29 is 0 Å². The van der Waals surface area contributed by atoms with E-state index < -0.39 is 0 Å². The minimum Gasteiger partial charge on any atom is -0.320 e. The van der Waals surface area contributed by atoms with Crippen molar-refractivity contribution in [2.45, 2.75) is 19.9 Å². The Bertz CT molecular complexity index is 925. The molecule has 3 aromatic rings. The van der Waals surface area contributed by atoms with Gasteiger partial charge in [0, 0.05) is 54.2 Å². The molecule has 0 amide bonds. The van der Waals surface area contributed by atoms with Crippen LogP contribution in [-0.4, -0.2) is 28.0 Å². The maximum atomic E-state index is 6.26. The molecular weight excluding hydrogens is 318 g/mol. The minimum atomic E-state index is 0.795. The van der Waals surface area contributed by atoms with Crippen LogP contribution in [0.1, 0.15) is 23.7 Å². The van der Waals surface area contributed by atoms with Crippen LogP contribution in [0.2, 0.25) is 5.02 Å². The number of hydrogen-bond donors (Lipinski definition) is 0. The fourth-order valence-electron chi connectivity index (χ4n) is 3.51. The van der Waals surface area contributed by atoms with Crippen LogP contribution >= 0.6 is 11.6 Å². The standard InChI is InChI=1S/C20H20ClN3/c1-14(15-4-3-8-22-11-15)12-24-19-6-5-16(21)10-17(19)18-13-23(2)9-7-20(18)24/h3-6,8,10-12H,7,9,13H2,1-2H3. The first-order valence-corrected chi connectivity index (χ1v) is 8.60. The summed E-state index contributed by atoms with van der Waals surface area (Å²) in [6, 6.07) is 10.3. The van der Waals surface area contributed by atoms with Crippen LogP contribution in [0.4, 0.5) is 0 Å². The van der Waals surface area contributed by atoms with Crippen LogP contribution in [0.3, 0.4) is 0 Å². The molecule has 0 spiro atoms. The van der Waals surface area contributed by atoms with E-state index in [0.717, 1.165) is 30.1 Å². The van der Waals surface area contributed by atoms with Gasteiger partial charge in [-0.25, -0.2) is 0 Å². The van der Waals surface area contributed by atoms with Crippen molar-refractivity contribution in [3.63, 3.8) is 0 Å². The van der Waals surface area contributed by atoms with Crippen LogP contribution in [0.15, 0.2) is 42.7 Å². The fraction of sp³-hybridized carbons (Fsp3) is 0.250. The number of halogens is 1. The van der Waals surface area contributed by atoms with E-state index in [9.17, 15) is 0 Å². The smallest absolute Gasteiger partial charge is 0.0529 e. The van der Waals surface area contributed by atoms with E-state index in [-0.39, 0.29) is 0 Å². The predicted molar refractivity (Wildman–Crippen MR) is 101 cm³/mol. The van der Waals surface area contributed by atoms with Crippen molar-refractivity contribution in [1.29, 1.82) is 0 Å². The van der Waals surface area contributed by atoms with Crippen LogP contribution in [0.5, 0.6) is 0 Å². The minimum absolute atomic E-state index is 0.795. The van der Waals surface area contributed by atoms with Gasteiger partial charge in [0.05, 0.1) is 5.52 Å². The Morgan fingerprint density at radius 3 is 2.96 bits per heavy atom. The summed E-state index contributed by atoms with van der Waals surface area (Å²) >= 11 is 6.26. The van der Waals surface area contributed by atoms with Crippen LogP contribution < -0.4 is 0 Å². The lowest BCUT2D eigenvalue weighted by molar-refractivity contribution is 0.312. The van der Waals surface area contributed by atoms with E-state index in [2.05, 4.69) is 52.8 Å². The monoisotopic (exact) mass is 337 g/mol. The van der Waals surface area contributed by atoms with E-state index in [4.69, 9.17) is 11.6 Å². The SMILES string of the molecule is CC(=Cn1c2c(c3cc(Cl)ccc31)CN(C)CC2)c1cccnc1. The van der Waals surface area contributed by atoms with Crippen molar-refractivity contribution in [3.05, 3.63) is 64.6 Å². The molecule has 1 aliphatic heterocycles. The normalized spacial score (nSPS) is 15.7. The molecule has 1 aromatic carbocycles. The highest BCUT2D eigenvalue weighted by Crippen LogP contribution is 2.33. The largest absolute Gasteiger partial charge is 0.320 e. The number of fused-ring (bicyclic) bond motifs is 3. The molecule has 0 radical (unpaired) electrons. The van der Waals surface area contributed by atoms with Crippen molar-refractivity contribution >= 4 is 34.3 Å². The Labute approximate surface area is 147 Å². The summed E-state index contributed by atoms with van der Waals surface area (Å²) in [6.07, 6.45) is 7.00. The second-order valence-corrected chi connectivity index (χ2v) is 6.93. The van der Waals surface area contributed by atoms with Gasteiger partial charge in [0.25, 0.3) is 0 Å². The molecule has 0 N–H and O–H groups in total. The summed E-state index contributed by atoms with van der Waals surface area (Å²) < 4.78 is 2.34. The van der Waals surface area contributed by atoms with Gasteiger partial charge in [-0.2, -0.15) is 0 Å². The highest BCUT2D eigenvalue weighted by molar-refractivity contribution is 6.31. The quantitative estimate of drug-likeness (QED) is 0.676. The molecule has 0 saturated heterocycles. The molecule has 0 bridgehead atoms. The highest BCUT2D eigenvalue weighted by atomic mass is 35.5. The Kier molecular flexibility index (Phi) is 3.91. The molecule has 0 unspecified atom stereocenters. The number of likely N-dealkylation sites (N-methyl/N-ethyl adjacent to an activating group) is 1. The van der Waals surface area contributed by atoms with E-state index in [0.29, 0.717) is 0 Å². The van der Waals surface area contributed by atoms with Crippen LogP contribution in [0, 0.1) is 0 Å². The highest BCUT2D eigenvalue weighted by Gasteiger charge is 2.22. The number of allylic oxidation sites excluding steroid dienone is 1. The summed E-state index contributed by atoms with van der Waals surface area (Å²) in [5.74, 6) is 0. The Hall–Kier alpha value is -2.10. The van der Waals surface area contributed by atoms with Gasteiger partial charge in [0.2, 0.25) is 0 Å². The lowest BCUT2D eigenvalue weighted by atomic mass is 10.1. The number of aromatic nitrogens is 2. The third kappa shape index (κ3) is 2.64. The zero-order valence-corrected chi connectivity index (χ0v) is 14.7. The Morgan fingerprint density at radius 2 is 2.17 bits per heavy atom. The maximum absolute atomic E-state index is 6.26. The summed E-state index contributed by atoms with van der Waals surface area (Å²) in [7, 11) is 2.17. The number of nitrogens with zero attached hydrogens (tertiary/aromatic N) is 3. The second kappa shape index (κ2) is 6.08. The van der Waals surface area contributed by atoms with Crippen molar-refractivity contribution in [2.75, 3.05) is 13.6 Å². The van der Waals surface area contributed by atoms with Gasteiger partial charge in [-0.3, -0.25) is 4.98 Å². The summed E-state index contributed by atoms with van der Waals surface area (Å²) in [5, 5.41) is 2.06. The fourth-order valence-corrected chi connectivity index (χ4v) is 3.68. The van der Waals surface area contributed by atoms with E-state index in [1.54, 1.807) is 0 Å². The first-order chi connectivity index (χ1) is 11.6. The molecule has 3 nitrogen and oxygen atoms in total. The van der Waals surface area contributed by atoms with Gasteiger partial charge < -0.3 is 9.47 Å². The maximum Gasteiger partial charge on any atom is 0.0529 e. The zero-order chi connectivity index (χ0) is 16.7. The third-order valence-corrected chi connectivity index (χ3v) is 5.02. The molecule has 1 aliphatic rings. The predicted octanol–water partition coefficient (Wildman–Crippen LogP) is 4.70.